The van der Waals surface area contributed by atoms with Gasteiger partial charge in [0.2, 0.25) is 0 Å². The molecule has 1 aromatic heterocycles. The number of anilines is 1. The van der Waals surface area contributed by atoms with Gasteiger partial charge in [0.05, 0.1) is 0 Å². The lowest BCUT2D eigenvalue weighted by Gasteiger charge is -2.05. The zero-order valence-electron chi connectivity index (χ0n) is 11.3. The number of aryl methyl sites for hydroxylation is 1. The van der Waals surface area contributed by atoms with E-state index in [9.17, 15) is 4.79 Å². The lowest BCUT2D eigenvalue weighted by Crippen LogP contribution is -1.89. The van der Waals surface area contributed by atoms with Crippen LogP contribution in [0.25, 0.3) is 10.1 Å². The molecule has 0 aliphatic carbocycles. The Morgan fingerprint density at radius 1 is 1.14 bits per heavy atom. The SMILES string of the molecule is Cc1ccc(SNc2ccc3sc(C(=O)O)cc3c2)cc1. The van der Waals surface area contributed by atoms with Crippen LogP contribution in [-0.2, 0) is 0 Å². The van der Waals surface area contributed by atoms with Gasteiger partial charge in [-0.1, -0.05) is 17.7 Å². The van der Waals surface area contributed by atoms with Crippen molar-refractivity contribution >= 4 is 45.0 Å². The third-order valence-corrected chi connectivity index (χ3v) is 4.98. The summed E-state index contributed by atoms with van der Waals surface area (Å²) in [6.45, 7) is 2.06. The Morgan fingerprint density at radius 3 is 2.62 bits per heavy atom. The molecule has 0 amide bonds. The molecule has 21 heavy (non-hydrogen) atoms. The summed E-state index contributed by atoms with van der Waals surface area (Å²) in [7, 11) is 0. The predicted octanol–water partition coefficient (Wildman–Crippen LogP) is 5.03. The van der Waals surface area contributed by atoms with Crippen LogP contribution in [0.15, 0.2) is 53.4 Å². The highest BCUT2D eigenvalue weighted by molar-refractivity contribution is 8.00. The van der Waals surface area contributed by atoms with Gasteiger partial charge in [-0.2, -0.15) is 0 Å². The van der Waals surface area contributed by atoms with Gasteiger partial charge in [-0.3, -0.25) is 0 Å². The third-order valence-electron chi connectivity index (χ3n) is 3.03. The maximum absolute atomic E-state index is 11.0. The highest BCUT2D eigenvalue weighted by Crippen LogP contribution is 2.30. The summed E-state index contributed by atoms with van der Waals surface area (Å²) in [4.78, 5) is 12.5. The van der Waals surface area contributed by atoms with Crippen LogP contribution in [-0.4, -0.2) is 11.1 Å². The van der Waals surface area contributed by atoms with Crippen molar-refractivity contribution in [3.8, 4) is 0 Å². The molecule has 0 atom stereocenters. The minimum Gasteiger partial charge on any atom is -0.477 e. The molecule has 0 aliphatic heterocycles. The first-order chi connectivity index (χ1) is 10.1. The fourth-order valence-electron chi connectivity index (χ4n) is 1.94. The Bertz CT molecular complexity index is 794. The zero-order valence-corrected chi connectivity index (χ0v) is 12.9. The lowest BCUT2D eigenvalue weighted by molar-refractivity contribution is 0.0702. The quantitative estimate of drug-likeness (QED) is 0.663. The number of aromatic carboxylic acids is 1. The number of benzene rings is 2. The Balaban J connectivity index is 1.77. The van der Waals surface area contributed by atoms with Crippen molar-refractivity contribution in [3.63, 3.8) is 0 Å². The van der Waals surface area contributed by atoms with E-state index in [1.165, 1.54) is 16.9 Å². The molecule has 3 aromatic rings. The molecule has 0 bridgehead atoms. The Morgan fingerprint density at radius 2 is 1.90 bits per heavy atom. The van der Waals surface area contributed by atoms with Crippen molar-refractivity contribution in [2.24, 2.45) is 0 Å². The fourth-order valence-corrected chi connectivity index (χ4v) is 3.45. The minimum absolute atomic E-state index is 0.369. The third kappa shape index (κ3) is 3.20. The maximum atomic E-state index is 11.0. The van der Waals surface area contributed by atoms with E-state index in [4.69, 9.17) is 5.11 Å². The molecule has 0 saturated carbocycles. The maximum Gasteiger partial charge on any atom is 0.345 e. The van der Waals surface area contributed by atoms with Crippen LogP contribution < -0.4 is 4.72 Å². The van der Waals surface area contributed by atoms with Gasteiger partial charge in [-0.25, -0.2) is 4.79 Å². The van der Waals surface area contributed by atoms with E-state index in [1.807, 2.05) is 18.2 Å². The Kier molecular flexibility index (Phi) is 3.86. The lowest BCUT2D eigenvalue weighted by atomic mass is 10.2. The molecule has 2 aromatic carbocycles. The molecule has 3 nitrogen and oxygen atoms in total. The summed E-state index contributed by atoms with van der Waals surface area (Å²) in [5, 5.41) is 9.97. The second kappa shape index (κ2) is 5.79. The first-order valence-corrected chi connectivity index (χ1v) is 8.01. The van der Waals surface area contributed by atoms with E-state index >= 15 is 0 Å². The smallest absolute Gasteiger partial charge is 0.345 e. The van der Waals surface area contributed by atoms with Gasteiger partial charge in [0.1, 0.15) is 4.88 Å². The van der Waals surface area contributed by atoms with E-state index in [2.05, 4.69) is 35.9 Å². The van der Waals surface area contributed by atoms with Crippen LogP contribution in [0.1, 0.15) is 15.2 Å². The monoisotopic (exact) mass is 315 g/mol. The molecular weight excluding hydrogens is 302 g/mol. The number of fused-ring (bicyclic) bond motifs is 1. The number of rotatable bonds is 4. The molecule has 5 heteroatoms. The van der Waals surface area contributed by atoms with Crippen molar-refractivity contribution in [1.29, 1.82) is 0 Å². The Labute approximate surface area is 130 Å². The summed E-state index contributed by atoms with van der Waals surface area (Å²) >= 11 is 2.84. The molecule has 0 aliphatic rings. The number of carbonyl (C=O) groups is 1. The van der Waals surface area contributed by atoms with Gasteiger partial charge >= 0.3 is 5.97 Å². The first-order valence-electron chi connectivity index (χ1n) is 6.38. The topological polar surface area (TPSA) is 49.3 Å². The number of hydrogen-bond donors (Lipinski definition) is 2. The standard InChI is InChI=1S/C16H13NO2S2/c1-10-2-5-13(6-3-10)21-17-12-4-7-14-11(8-12)9-15(20-14)16(18)19/h2-9,17H,1H3,(H,18,19). The molecule has 0 unspecified atom stereocenters. The summed E-state index contributed by atoms with van der Waals surface area (Å²) < 4.78 is 4.27. The fraction of sp³-hybridized carbons (Fsp3) is 0.0625. The number of carboxylic acid groups (broad SMARTS) is 1. The highest BCUT2D eigenvalue weighted by atomic mass is 32.2. The molecule has 0 radical (unpaired) electrons. The summed E-state index contributed by atoms with van der Waals surface area (Å²) in [5.74, 6) is -0.875. The average Bonchev–Trinajstić information content (AvgIpc) is 2.90. The number of hydrogen-bond acceptors (Lipinski definition) is 4. The van der Waals surface area contributed by atoms with Crippen molar-refractivity contribution in [1.82, 2.24) is 0 Å². The minimum atomic E-state index is -0.875. The number of carboxylic acids is 1. The van der Waals surface area contributed by atoms with Gasteiger partial charge in [-0.05, 0) is 60.7 Å². The second-order valence-electron chi connectivity index (χ2n) is 4.69. The van der Waals surface area contributed by atoms with Gasteiger partial charge in [0, 0.05) is 15.3 Å². The van der Waals surface area contributed by atoms with Gasteiger partial charge in [0.15, 0.2) is 0 Å². The number of thiophene rings is 1. The summed E-state index contributed by atoms with van der Waals surface area (Å²) in [5.41, 5.74) is 2.20. The Hall–Kier alpha value is -1.98. The summed E-state index contributed by atoms with van der Waals surface area (Å²) in [6, 6.07) is 15.9. The van der Waals surface area contributed by atoms with Crippen LogP contribution in [0.5, 0.6) is 0 Å². The molecule has 0 fully saturated rings. The van der Waals surface area contributed by atoms with Crippen molar-refractivity contribution in [2.75, 3.05) is 4.72 Å². The van der Waals surface area contributed by atoms with Crippen molar-refractivity contribution in [3.05, 3.63) is 59.0 Å². The largest absolute Gasteiger partial charge is 0.477 e. The van der Waals surface area contributed by atoms with Crippen LogP contribution in [0.3, 0.4) is 0 Å². The van der Waals surface area contributed by atoms with Crippen molar-refractivity contribution < 1.29 is 9.90 Å². The van der Waals surface area contributed by atoms with Crippen LogP contribution in [0, 0.1) is 6.92 Å². The van der Waals surface area contributed by atoms with E-state index in [0.29, 0.717) is 4.88 Å². The van der Waals surface area contributed by atoms with E-state index in [-0.39, 0.29) is 0 Å². The molecule has 0 saturated heterocycles. The normalized spacial score (nSPS) is 10.7. The van der Waals surface area contributed by atoms with Gasteiger partial charge in [-0.15, -0.1) is 11.3 Å². The molecule has 106 valence electrons. The van der Waals surface area contributed by atoms with Crippen LogP contribution in [0.2, 0.25) is 0 Å². The first kappa shape index (κ1) is 14.0. The van der Waals surface area contributed by atoms with Crippen molar-refractivity contribution in [2.45, 2.75) is 11.8 Å². The molecular formula is C16H13NO2S2. The number of nitrogens with one attached hydrogen (secondary N) is 1. The highest BCUT2D eigenvalue weighted by Gasteiger charge is 2.08. The van der Waals surface area contributed by atoms with E-state index in [0.717, 1.165) is 20.7 Å². The van der Waals surface area contributed by atoms with E-state index in [1.54, 1.807) is 18.0 Å². The average molecular weight is 315 g/mol. The van der Waals surface area contributed by atoms with Crippen LogP contribution >= 0.6 is 23.3 Å². The van der Waals surface area contributed by atoms with Crippen LogP contribution in [0.4, 0.5) is 5.69 Å². The molecule has 2 N–H and O–H groups in total. The molecule has 3 rings (SSSR count). The predicted molar refractivity (Wildman–Crippen MR) is 89.4 cm³/mol. The molecule has 0 spiro atoms. The van der Waals surface area contributed by atoms with Gasteiger partial charge < -0.3 is 9.83 Å². The van der Waals surface area contributed by atoms with Gasteiger partial charge in [0.25, 0.3) is 0 Å². The summed E-state index contributed by atoms with van der Waals surface area (Å²) in [6.07, 6.45) is 0. The molecule has 1 heterocycles. The second-order valence-corrected chi connectivity index (χ2v) is 6.65. The van der Waals surface area contributed by atoms with E-state index < -0.39 is 5.97 Å². The zero-order chi connectivity index (χ0) is 14.8.